The summed E-state index contributed by atoms with van der Waals surface area (Å²) < 4.78 is 28.7. The Bertz CT molecular complexity index is 1220. The number of carbonyl (C=O) groups excluding carboxylic acids is 1. The van der Waals surface area contributed by atoms with Gasteiger partial charge in [0.1, 0.15) is 16.8 Å². The van der Waals surface area contributed by atoms with Crippen LogP contribution in [0, 0.1) is 11.6 Å². The maximum Gasteiger partial charge on any atom is 0.408 e. The van der Waals surface area contributed by atoms with Crippen molar-refractivity contribution < 1.29 is 23.5 Å². The van der Waals surface area contributed by atoms with Crippen molar-refractivity contribution in [2.45, 2.75) is 32.9 Å². The van der Waals surface area contributed by atoms with Crippen LogP contribution in [0.2, 0.25) is 10.2 Å². The maximum atomic E-state index is 14.4. The minimum Gasteiger partial charge on any atom is -0.465 e. The summed E-state index contributed by atoms with van der Waals surface area (Å²) in [7, 11) is 0. The molecule has 1 aromatic heterocycles. The van der Waals surface area contributed by atoms with E-state index in [0.717, 1.165) is 18.2 Å². The molecule has 0 bridgehead atoms. The lowest BCUT2D eigenvalue weighted by Gasteiger charge is -2.33. The van der Waals surface area contributed by atoms with Crippen molar-refractivity contribution >= 4 is 35.1 Å². The number of benzene rings is 2. The number of hydrogen-bond acceptors (Lipinski definition) is 3. The van der Waals surface area contributed by atoms with E-state index < -0.39 is 34.6 Å². The largest absolute Gasteiger partial charge is 0.465 e. The number of amides is 1. The molecule has 0 aliphatic carbocycles. The molecular weight excluding hydrogens is 473 g/mol. The first-order valence-electron chi connectivity index (χ1n) is 9.83. The Labute approximate surface area is 199 Å². The zero-order valence-electron chi connectivity index (χ0n) is 18.0. The molecule has 0 aliphatic heterocycles. The Hall–Kier alpha value is -3.03. The highest BCUT2D eigenvalue weighted by Gasteiger charge is 2.28. The van der Waals surface area contributed by atoms with Gasteiger partial charge in [0, 0.05) is 22.3 Å². The number of carboxylic acid groups (broad SMARTS) is 1. The van der Waals surface area contributed by atoms with E-state index in [2.05, 4.69) is 4.98 Å². The number of ketones is 1. The summed E-state index contributed by atoms with van der Waals surface area (Å²) in [6.45, 7) is 5.15. The molecule has 172 valence electrons. The summed E-state index contributed by atoms with van der Waals surface area (Å²) in [5.41, 5.74) is -0.398. The Kier molecular flexibility index (Phi) is 7.05. The van der Waals surface area contributed by atoms with Gasteiger partial charge < -0.3 is 5.11 Å². The molecule has 0 fully saturated rings. The van der Waals surface area contributed by atoms with Crippen LogP contribution in [0.15, 0.2) is 48.7 Å². The van der Waals surface area contributed by atoms with E-state index >= 15 is 0 Å². The average Bonchev–Trinajstić information content (AvgIpc) is 2.71. The number of aromatic nitrogens is 1. The quantitative estimate of drug-likeness (QED) is 0.312. The van der Waals surface area contributed by atoms with Crippen LogP contribution >= 0.6 is 23.2 Å². The Balaban J connectivity index is 2.22. The third-order valence-corrected chi connectivity index (χ3v) is 5.47. The number of pyridine rings is 1. The smallest absolute Gasteiger partial charge is 0.408 e. The fourth-order valence-electron chi connectivity index (χ4n) is 3.39. The number of hydrogen-bond donors (Lipinski definition) is 1. The molecule has 9 heteroatoms. The summed E-state index contributed by atoms with van der Waals surface area (Å²) in [6, 6.07) is 8.95. The predicted octanol–water partition coefficient (Wildman–Crippen LogP) is 6.84. The van der Waals surface area contributed by atoms with Gasteiger partial charge in [0.2, 0.25) is 0 Å². The van der Waals surface area contributed by atoms with Crippen molar-refractivity contribution in [2.75, 3.05) is 0 Å². The second-order valence-electron chi connectivity index (χ2n) is 8.32. The Morgan fingerprint density at radius 2 is 1.67 bits per heavy atom. The molecule has 5 nitrogen and oxygen atoms in total. The van der Waals surface area contributed by atoms with Crippen LogP contribution in [0.4, 0.5) is 13.6 Å². The lowest BCUT2D eigenvalue weighted by molar-refractivity contribution is 0.0954. The lowest BCUT2D eigenvalue weighted by atomic mass is 9.91. The van der Waals surface area contributed by atoms with E-state index in [-0.39, 0.29) is 27.8 Å². The predicted molar refractivity (Wildman–Crippen MR) is 123 cm³/mol. The van der Waals surface area contributed by atoms with Gasteiger partial charge in [0.15, 0.2) is 5.78 Å². The SMILES string of the molecule is CC(C)(C)N(Cc1cnc(Cl)cc1-c1ccc(Cl)cc1C(=O)c1c(F)cccc1F)C(=O)O. The van der Waals surface area contributed by atoms with Crippen LogP contribution in [0.3, 0.4) is 0 Å². The summed E-state index contributed by atoms with van der Waals surface area (Å²) in [6.07, 6.45) is 0.260. The van der Waals surface area contributed by atoms with E-state index in [1.165, 1.54) is 35.4 Å². The molecule has 0 saturated carbocycles. The number of carbonyl (C=O) groups is 2. The number of halogens is 4. The van der Waals surface area contributed by atoms with Crippen LogP contribution in [0.5, 0.6) is 0 Å². The maximum absolute atomic E-state index is 14.4. The van der Waals surface area contributed by atoms with Gasteiger partial charge in [-0.15, -0.1) is 0 Å². The highest BCUT2D eigenvalue weighted by molar-refractivity contribution is 6.31. The topological polar surface area (TPSA) is 70.5 Å². The van der Waals surface area contributed by atoms with E-state index in [1.54, 1.807) is 20.8 Å². The van der Waals surface area contributed by atoms with Crippen molar-refractivity contribution in [3.8, 4) is 11.1 Å². The highest BCUT2D eigenvalue weighted by Crippen LogP contribution is 2.34. The number of rotatable bonds is 5. The minimum absolute atomic E-state index is 0.0624. The van der Waals surface area contributed by atoms with Crippen molar-refractivity contribution in [2.24, 2.45) is 0 Å². The van der Waals surface area contributed by atoms with Crippen molar-refractivity contribution in [1.82, 2.24) is 9.88 Å². The van der Waals surface area contributed by atoms with Gasteiger partial charge in [-0.1, -0.05) is 35.3 Å². The van der Waals surface area contributed by atoms with Crippen LogP contribution in [-0.2, 0) is 6.54 Å². The fourth-order valence-corrected chi connectivity index (χ4v) is 3.72. The Morgan fingerprint density at radius 3 is 2.24 bits per heavy atom. The zero-order chi connectivity index (χ0) is 24.5. The molecule has 3 rings (SSSR count). The normalized spacial score (nSPS) is 11.4. The molecule has 0 aliphatic rings. The number of nitrogens with zero attached hydrogens (tertiary/aromatic N) is 2. The third-order valence-electron chi connectivity index (χ3n) is 5.03. The summed E-state index contributed by atoms with van der Waals surface area (Å²) in [5, 5.41) is 9.98. The van der Waals surface area contributed by atoms with E-state index in [9.17, 15) is 23.5 Å². The zero-order valence-corrected chi connectivity index (χ0v) is 19.5. The Morgan fingerprint density at radius 1 is 1.03 bits per heavy atom. The van der Waals surface area contributed by atoms with E-state index in [4.69, 9.17) is 23.2 Å². The van der Waals surface area contributed by atoms with Crippen molar-refractivity contribution in [3.05, 3.63) is 87.2 Å². The van der Waals surface area contributed by atoms with Crippen LogP contribution in [0.1, 0.15) is 42.3 Å². The summed E-state index contributed by atoms with van der Waals surface area (Å²) in [5.74, 6) is -2.93. The summed E-state index contributed by atoms with van der Waals surface area (Å²) >= 11 is 12.2. The van der Waals surface area contributed by atoms with Crippen LogP contribution < -0.4 is 0 Å². The standard InChI is InChI=1S/C24H20Cl2F2N2O3/c1-24(2,3)30(23(32)33)12-13-11-29-20(26)10-16(13)15-8-7-14(25)9-17(15)22(31)21-18(27)5-4-6-19(21)28/h4-11H,12H2,1-3H3,(H,32,33). The second kappa shape index (κ2) is 9.45. The second-order valence-corrected chi connectivity index (χ2v) is 9.14. The first kappa shape index (κ1) is 24.6. The molecule has 2 aromatic carbocycles. The third kappa shape index (κ3) is 5.31. The molecule has 1 amide bonds. The minimum atomic E-state index is -1.15. The summed E-state index contributed by atoms with van der Waals surface area (Å²) in [4.78, 5) is 30.4. The monoisotopic (exact) mass is 492 g/mol. The highest BCUT2D eigenvalue weighted by atomic mass is 35.5. The van der Waals surface area contributed by atoms with Gasteiger partial charge in [0.25, 0.3) is 0 Å². The molecule has 1 heterocycles. The molecule has 0 spiro atoms. The van der Waals surface area contributed by atoms with Crippen LogP contribution in [0.25, 0.3) is 11.1 Å². The molecule has 1 N–H and O–H groups in total. The van der Waals surface area contributed by atoms with Gasteiger partial charge in [-0.3, -0.25) is 9.69 Å². The van der Waals surface area contributed by atoms with Gasteiger partial charge in [0.05, 0.1) is 12.1 Å². The average molecular weight is 493 g/mol. The lowest BCUT2D eigenvalue weighted by Crippen LogP contribution is -2.44. The van der Waals surface area contributed by atoms with Gasteiger partial charge in [-0.05, 0) is 67.8 Å². The van der Waals surface area contributed by atoms with E-state index in [0.29, 0.717) is 11.1 Å². The first-order valence-corrected chi connectivity index (χ1v) is 10.6. The van der Waals surface area contributed by atoms with Gasteiger partial charge in [-0.25, -0.2) is 18.6 Å². The fraction of sp³-hybridized carbons (Fsp3) is 0.208. The molecule has 0 saturated heterocycles. The molecule has 0 radical (unpaired) electrons. The van der Waals surface area contributed by atoms with Gasteiger partial charge in [-0.2, -0.15) is 0 Å². The van der Waals surface area contributed by atoms with Crippen LogP contribution in [-0.4, -0.2) is 32.4 Å². The van der Waals surface area contributed by atoms with Crippen molar-refractivity contribution in [1.29, 1.82) is 0 Å². The molecular formula is C24H20Cl2F2N2O3. The molecule has 0 unspecified atom stereocenters. The van der Waals surface area contributed by atoms with E-state index in [1.807, 2.05) is 0 Å². The van der Waals surface area contributed by atoms with Gasteiger partial charge >= 0.3 is 6.09 Å². The molecule has 3 aromatic rings. The van der Waals surface area contributed by atoms with Crippen molar-refractivity contribution in [3.63, 3.8) is 0 Å². The first-order chi connectivity index (χ1) is 15.4. The molecule has 0 atom stereocenters. The molecule has 33 heavy (non-hydrogen) atoms.